The van der Waals surface area contributed by atoms with Crippen molar-refractivity contribution in [3.63, 3.8) is 0 Å². The molecule has 0 spiro atoms. The van der Waals surface area contributed by atoms with Crippen LogP contribution < -0.4 is 14.2 Å². The molecule has 0 amide bonds. The number of rotatable bonds is 4. The topological polar surface area (TPSA) is 64.6 Å². The number of methoxy groups -OCH3 is 1. The second-order valence-corrected chi connectivity index (χ2v) is 8.62. The molecule has 0 saturated heterocycles. The van der Waals surface area contributed by atoms with E-state index in [1.165, 1.54) is 7.11 Å². The standard InChI is InChI=1S/C19H23NO4S/c1-13-5-7-18(23-4)16(11-13)20-25(21,22)15-6-8-17-14(12-15)9-10-19(2,3)24-17/h5-8,11-12,20H,9-10H2,1-4H3. The lowest BCUT2D eigenvalue weighted by molar-refractivity contribution is 0.0845. The lowest BCUT2D eigenvalue weighted by Gasteiger charge is -2.32. The highest BCUT2D eigenvalue weighted by atomic mass is 32.2. The Morgan fingerprint density at radius 3 is 2.64 bits per heavy atom. The SMILES string of the molecule is COc1ccc(C)cc1NS(=O)(=O)c1ccc2c(c1)CCC(C)(C)O2. The van der Waals surface area contributed by atoms with Gasteiger partial charge >= 0.3 is 0 Å². The molecule has 0 saturated carbocycles. The summed E-state index contributed by atoms with van der Waals surface area (Å²) in [6.45, 7) is 5.97. The van der Waals surface area contributed by atoms with E-state index < -0.39 is 10.0 Å². The Hall–Kier alpha value is -2.21. The van der Waals surface area contributed by atoms with Crippen molar-refractivity contribution in [2.24, 2.45) is 0 Å². The van der Waals surface area contributed by atoms with Crippen LogP contribution in [-0.4, -0.2) is 21.1 Å². The van der Waals surface area contributed by atoms with E-state index in [-0.39, 0.29) is 10.5 Å². The molecule has 0 fully saturated rings. The Morgan fingerprint density at radius 2 is 1.92 bits per heavy atom. The zero-order chi connectivity index (χ0) is 18.2. The minimum atomic E-state index is -3.71. The predicted octanol–water partition coefficient (Wildman–Crippen LogP) is 3.91. The number of sulfonamides is 1. The first-order chi connectivity index (χ1) is 11.7. The van der Waals surface area contributed by atoms with Crippen molar-refractivity contribution in [3.05, 3.63) is 47.5 Å². The minimum absolute atomic E-state index is 0.220. The predicted molar refractivity (Wildman–Crippen MR) is 98.0 cm³/mol. The van der Waals surface area contributed by atoms with E-state index in [1.54, 1.807) is 30.3 Å². The monoisotopic (exact) mass is 361 g/mol. The van der Waals surface area contributed by atoms with Crippen molar-refractivity contribution in [1.82, 2.24) is 0 Å². The highest BCUT2D eigenvalue weighted by Gasteiger charge is 2.28. The molecule has 2 aromatic rings. The summed E-state index contributed by atoms with van der Waals surface area (Å²) < 4.78 is 39.4. The van der Waals surface area contributed by atoms with E-state index in [1.807, 2.05) is 26.8 Å². The van der Waals surface area contributed by atoms with Crippen molar-refractivity contribution in [2.75, 3.05) is 11.8 Å². The molecule has 3 rings (SSSR count). The summed E-state index contributed by atoms with van der Waals surface area (Å²) in [5, 5.41) is 0. The summed E-state index contributed by atoms with van der Waals surface area (Å²) >= 11 is 0. The van der Waals surface area contributed by atoms with Gasteiger partial charge in [0.2, 0.25) is 0 Å². The Bertz CT molecular complexity index is 904. The van der Waals surface area contributed by atoms with E-state index >= 15 is 0 Å². The number of anilines is 1. The third kappa shape index (κ3) is 3.74. The molecule has 0 unspecified atom stereocenters. The lowest BCUT2D eigenvalue weighted by Crippen LogP contribution is -2.32. The molecule has 0 bridgehead atoms. The van der Waals surface area contributed by atoms with Gasteiger partial charge in [-0.05, 0) is 75.1 Å². The molecule has 1 heterocycles. The van der Waals surface area contributed by atoms with E-state index in [0.717, 1.165) is 29.7 Å². The number of ether oxygens (including phenoxy) is 2. The second kappa shape index (κ2) is 6.26. The smallest absolute Gasteiger partial charge is 0.262 e. The van der Waals surface area contributed by atoms with E-state index in [0.29, 0.717) is 11.4 Å². The van der Waals surface area contributed by atoms with Crippen LogP contribution in [0.5, 0.6) is 11.5 Å². The van der Waals surface area contributed by atoms with Crippen molar-refractivity contribution >= 4 is 15.7 Å². The molecule has 25 heavy (non-hydrogen) atoms. The number of fused-ring (bicyclic) bond motifs is 1. The molecular weight excluding hydrogens is 338 g/mol. The van der Waals surface area contributed by atoms with Gasteiger partial charge in [0.25, 0.3) is 10.0 Å². The second-order valence-electron chi connectivity index (χ2n) is 6.94. The van der Waals surface area contributed by atoms with Crippen molar-refractivity contribution in [2.45, 2.75) is 44.1 Å². The first kappa shape index (κ1) is 17.6. The van der Waals surface area contributed by atoms with Gasteiger partial charge < -0.3 is 9.47 Å². The quantitative estimate of drug-likeness (QED) is 0.897. The molecule has 0 atom stereocenters. The Labute approximate surface area is 149 Å². The van der Waals surface area contributed by atoms with Crippen LogP contribution in [0, 0.1) is 6.92 Å². The number of hydrogen-bond donors (Lipinski definition) is 1. The van der Waals surface area contributed by atoms with Gasteiger partial charge in [-0.15, -0.1) is 0 Å². The fraction of sp³-hybridized carbons (Fsp3) is 0.368. The summed E-state index contributed by atoms with van der Waals surface area (Å²) in [5.41, 5.74) is 2.07. The fourth-order valence-electron chi connectivity index (χ4n) is 2.91. The van der Waals surface area contributed by atoms with E-state index in [2.05, 4.69) is 4.72 Å². The summed E-state index contributed by atoms with van der Waals surface area (Å²) in [7, 11) is -2.20. The average Bonchev–Trinajstić information content (AvgIpc) is 2.53. The summed E-state index contributed by atoms with van der Waals surface area (Å²) in [5.74, 6) is 1.24. The van der Waals surface area contributed by atoms with Gasteiger partial charge in [-0.25, -0.2) is 8.42 Å². The highest BCUT2D eigenvalue weighted by molar-refractivity contribution is 7.92. The third-order valence-electron chi connectivity index (χ3n) is 4.32. The molecule has 5 nitrogen and oxygen atoms in total. The maximum absolute atomic E-state index is 12.8. The average molecular weight is 361 g/mol. The molecular formula is C19H23NO4S. The minimum Gasteiger partial charge on any atom is -0.495 e. The van der Waals surface area contributed by atoms with E-state index in [4.69, 9.17) is 9.47 Å². The third-order valence-corrected chi connectivity index (χ3v) is 5.69. The Balaban J connectivity index is 1.93. The normalized spacial score (nSPS) is 15.8. The van der Waals surface area contributed by atoms with Gasteiger partial charge in [0.1, 0.15) is 17.1 Å². The van der Waals surface area contributed by atoms with Crippen LogP contribution >= 0.6 is 0 Å². The van der Waals surface area contributed by atoms with Crippen LogP contribution in [0.2, 0.25) is 0 Å². The van der Waals surface area contributed by atoms with Gasteiger partial charge in [-0.3, -0.25) is 4.72 Å². The molecule has 2 aromatic carbocycles. The summed E-state index contributed by atoms with van der Waals surface area (Å²) in [4.78, 5) is 0.220. The van der Waals surface area contributed by atoms with Crippen LogP contribution in [0.15, 0.2) is 41.3 Å². The van der Waals surface area contributed by atoms with Gasteiger partial charge in [-0.2, -0.15) is 0 Å². The van der Waals surface area contributed by atoms with Gasteiger partial charge in [0, 0.05) is 0 Å². The van der Waals surface area contributed by atoms with Gasteiger partial charge in [0.15, 0.2) is 0 Å². The summed E-state index contributed by atoms with van der Waals surface area (Å²) in [6.07, 6.45) is 1.64. The Kier molecular flexibility index (Phi) is 4.41. The van der Waals surface area contributed by atoms with Crippen molar-refractivity contribution in [3.8, 4) is 11.5 Å². The van der Waals surface area contributed by atoms with Crippen LogP contribution in [0.25, 0.3) is 0 Å². The molecule has 1 N–H and O–H groups in total. The molecule has 0 aliphatic carbocycles. The van der Waals surface area contributed by atoms with Crippen LogP contribution in [0.3, 0.4) is 0 Å². The highest BCUT2D eigenvalue weighted by Crippen LogP contribution is 2.35. The van der Waals surface area contributed by atoms with Crippen LogP contribution in [0.4, 0.5) is 5.69 Å². The first-order valence-electron chi connectivity index (χ1n) is 8.20. The van der Waals surface area contributed by atoms with Gasteiger partial charge in [0.05, 0.1) is 17.7 Å². The van der Waals surface area contributed by atoms with Crippen molar-refractivity contribution in [1.29, 1.82) is 0 Å². The Morgan fingerprint density at radius 1 is 1.16 bits per heavy atom. The maximum atomic E-state index is 12.8. The molecule has 0 radical (unpaired) electrons. The lowest BCUT2D eigenvalue weighted by atomic mass is 9.94. The number of aryl methyl sites for hydroxylation is 2. The van der Waals surface area contributed by atoms with Crippen molar-refractivity contribution < 1.29 is 17.9 Å². The van der Waals surface area contributed by atoms with Crippen LogP contribution in [-0.2, 0) is 16.4 Å². The number of hydrogen-bond acceptors (Lipinski definition) is 4. The number of nitrogens with one attached hydrogen (secondary N) is 1. The molecule has 1 aliphatic heterocycles. The zero-order valence-corrected chi connectivity index (χ0v) is 15.7. The van der Waals surface area contributed by atoms with E-state index in [9.17, 15) is 8.42 Å². The maximum Gasteiger partial charge on any atom is 0.262 e. The molecule has 134 valence electrons. The van der Waals surface area contributed by atoms with Gasteiger partial charge in [-0.1, -0.05) is 6.07 Å². The molecule has 0 aromatic heterocycles. The summed E-state index contributed by atoms with van der Waals surface area (Å²) in [6, 6.07) is 10.4. The zero-order valence-electron chi connectivity index (χ0n) is 14.9. The largest absolute Gasteiger partial charge is 0.495 e. The van der Waals surface area contributed by atoms with Crippen LogP contribution in [0.1, 0.15) is 31.4 Å². The molecule has 6 heteroatoms. The number of benzene rings is 2. The first-order valence-corrected chi connectivity index (χ1v) is 9.68. The fourth-order valence-corrected chi connectivity index (χ4v) is 4.02. The molecule has 1 aliphatic rings.